The molecule has 5 nitrogen and oxygen atoms in total. The fraction of sp³-hybridized carbons (Fsp3) is 0.118. The van der Waals surface area contributed by atoms with Crippen LogP contribution >= 0.6 is 0 Å². The third kappa shape index (κ3) is 3.38. The molecule has 2 aromatic carbocycles. The minimum Gasteiger partial charge on any atom is -0.507 e. The highest BCUT2D eigenvalue weighted by molar-refractivity contribution is 6.09. The fourth-order valence-corrected chi connectivity index (χ4v) is 1.89. The van der Waals surface area contributed by atoms with E-state index in [2.05, 4.69) is 0 Å². The van der Waals surface area contributed by atoms with Gasteiger partial charge in [-0.15, -0.1) is 0 Å². The summed E-state index contributed by atoms with van der Waals surface area (Å²) < 4.78 is 10.0. The number of aliphatic hydroxyl groups excluding tert-OH is 1. The van der Waals surface area contributed by atoms with E-state index >= 15 is 0 Å². The molecule has 2 aromatic rings. The fourth-order valence-electron chi connectivity index (χ4n) is 1.89. The third-order valence-electron chi connectivity index (χ3n) is 3.12. The van der Waals surface area contributed by atoms with E-state index in [1.54, 1.807) is 37.4 Å². The predicted octanol–water partition coefficient (Wildman–Crippen LogP) is 3.19. The van der Waals surface area contributed by atoms with Crippen molar-refractivity contribution in [3.8, 4) is 17.2 Å². The molecule has 0 heterocycles. The maximum atomic E-state index is 12.2. The van der Waals surface area contributed by atoms with E-state index in [0.29, 0.717) is 17.1 Å². The van der Waals surface area contributed by atoms with Crippen LogP contribution in [-0.4, -0.2) is 30.2 Å². The Morgan fingerprint density at radius 3 is 2.18 bits per heavy atom. The van der Waals surface area contributed by atoms with Crippen molar-refractivity contribution in [2.75, 3.05) is 14.2 Å². The van der Waals surface area contributed by atoms with Gasteiger partial charge in [0, 0.05) is 11.6 Å². The second-order valence-corrected chi connectivity index (χ2v) is 4.51. The number of carbonyl (C=O) groups excluding carboxylic acids is 1. The molecule has 0 fully saturated rings. The van der Waals surface area contributed by atoms with Gasteiger partial charge in [0.05, 0.1) is 19.8 Å². The summed E-state index contributed by atoms with van der Waals surface area (Å²) in [5.41, 5.74) is 0.524. The van der Waals surface area contributed by atoms with Gasteiger partial charge in [-0.3, -0.25) is 4.79 Å². The predicted molar refractivity (Wildman–Crippen MR) is 82.6 cm³/mol. The zero-order valence-corrected chi connectivity index (χ0v) is 12.2. The number of ketones is 1. The number of aromatic hydroxyl groups is 1. The molecule has 0 aromatic heterocycles. The second-order valence-electron chi connectivity index (χ2n) is 4.51. The molecule has 0 saturated carbocycles. The quantitative estimate of drug-likeness (QED) is 0.504. The van der Waals surface area contributed by atoms with E-state index in [0.717, 1.165) is 6.08 Å². The molecule has 0 saturated heterocycles. The summed E-state index contributed by atoms with van der Waals surface area (Å²) in [7, 11) is 3.01. The van der Waals surface area contributed by atoms with Crippen LogP contribution in [0.3, 0.4) is 0 Å². The standard InChI is InChI=1S/C17H16O5/c1-21-12-5-3-11(4-6-12)16(19)10-17(20)14-9-13(22-2)7-8-15(14)18/h3-10,18-19H,1-2H3/b16-10-. The molecule has 0 amide bonds. The van der Waals surface area contributed by atoms with Gasteiger partial charge in [-0.2, -0.15) is 0 Å². The molecule has 0 bridgehead atoms. The average molecular weight is 300 g/mol. The Morgan fingerprint density at radius 1 is 1.00 bits per heavy atom. The lowest BCUT2D eigenvalue weighted by atomic mass is 10.1. The number of ether oxygens (including phenoxy) is 2. The van der Waals surface area contributed by atoms with Crippen LogP contribution in [0.25, 0.3) is 5.76 Å². The van der Waals surface area contributed by atoms with E-state index in [1.165, 1.54) is 19.2 Å². The van der Waals surface area contributed by atoms with Crippen LogP contribution in [0.2, 0.25) is 0 Å². The molecule has 0 unspecified atom stereocenters. The van der Waals surface area contributed by atoms with Gasteiger partial charge in [0.2, 0.25) is 0 Å². The van der Waals surface area contributed by atoms with E-state index in [-0.39, 0.29) is 17.1 Å². The van der Waals surface area contributed by atoms with Gasteiger partial charge in [-0.1, -0.05) is 0 Å². The minimum atomic E-state index is -0.523. The number of phenols is 1. The van der Waals surface area contributed by atoms with Crippen molar-refractivity contribution in [1.29, 1.82) is 0 Å². The molecule has 0 aliphatic carbocycles. The Balaban J connectivity index is 2.28. The van der Waals surface area contributed by atoms with Crippen molar-refractivity contribution in [3.63, 3.8) is 0 Å². The Morgan fingerprint density at radius 2 is 1.59 bits per heavy atom. The van der Waals surface area contributed by atoms with Crippen LogP contribution in [0.5, 0.6) is 17.2 Å². The van der Waals surface area contributed by atoms with Crippen LogP contribution in [0.15, 0.2) is 48.5 Å². The number of methoxy groups -OCH3 is 2. The number of phenolic OH excluding ortho intramolecular Hbond substituents is 1. The van der Waals surface area contributed by atoms with Gasteiger partial charge in [0.25, 0.3) is 0 Å². The Kier molecular flexibility index (Phi) is 4.68. The SMILES string of the molecule is COc1ccc(/C(O)=C/C(=O)c2cc(OC)ccc2O)cc1. The first-order valence-corrected chi connectivity index (χ1v) is 6.51. The number of aliphatic hydroxyl groups is 1. The average Bonchev–Trinajstić information content (AvgIpc) is 2.55. The molecule has 2 N–H and O–H groups in total. The summed E-state index contributed by atoms with van der Waals surface area (Å²) in [6.07, 6.45) is 1.05. The molecule has 0 spiro atoms. The van der Waals surface area contributed by atoms with Crippen LogP contribution in [0.1, 0.15) is 15.9 Å². The topological polar surface area (TPSA) is 76.0 Å². The lowest BCUT2D eigenvalue weighted by Gasteiger charge is -2.06. The van der Waals surface area contributed by atoms with Gasteiger partial charge < -0.3 is 19.7 Å². The first-order valence-electron chi connectivity index (χ1n) is 6.51. The maximum absolute atomic E-state index is 12.2. The van der Waals surface area contributed by atoms with Gasteiger partial charge in [0.1, 0.15) is 23.0 Å². The second kappa shape index (κ2) is 6.67. The summed E-state index contributed by atoms with van der Waals surface area (Å²) >= 11 is 0. The van der Waals surface area contributed by atoms with Gasteiger partial charge in [-0.05, 0) is 42.5 Å². The van der Waals surface area contributed by atoms with Gasteiger partial charge >= 0.3 is 0 Å². The minimum absolute atomic E-state index is 0.0550. The first-order chi connectivity index (χ1) is 10.5. The molecular weight excluding hydrogens is 284 g/mol. The zero-order chi connectivity index (χ0) is 16.1. The number of allylic oxidation sites excluding steroid dienone is 1. The summed E-state index contributed by atoms with van der Waals surface area (Å²) in [6.45, 7) is 0. The lowest BCUT2D eigenvalue weighted by Crippen LogP contribution is -1.98. The molecular formula is C17H16O5. The molecule has 114 valence electrons. The number of hydrogen-bond acceptors (Lipinski definition) is 5. The Labute approximate surface area is 128 Å². The molecule has 0 atom stereocenters. The molecule has 5 heteroatoms. The Bertz CT molecular complexity index is 701. The highest BCUT2D eigenvalue weighted by atomic mass is 16.5. The summed E-state index contributed by atoms with van der Waals surface area (Å²) in [4.78, 5) is 12.2. The first kappa shape index (κ1) is 15.4. The van der Waals surface area contributed by atoms with Crippen LogP contribution < -0.4 is 9.47 Å². The van der Waals surface area contributed by atoms with Crippen molar-refractivity contribution in [2.45, 2.75) is 0 Å². The molecule has 0 aliphatic rings. The van der Waals surface area contributed by atoms with Crippen LogP contribution in [-0.2, 0) is 0 Å². The number of carbonyl (C=O) groups is 1. The number of benzene rings is 2. The summed E-state index contributed by atoms with van der Waals surface area (Å²) in [6, 6.07) is 10.9. The van der Waals surface area contributed by atoms with Crippen molar-refractivity contribution < 1.29 is 24.5 Å². The highest BCUT2D eigenvalue weighted by Crippen LogP contribution is 2.25. The van der Waals surface area contributed by atoms with Crippen LogP contribution in [0, 0.1) is 0 Å². The normalized spacial score (nSPS) is 11.1. The van der Waals surface area contributed by atoms with E-state index in [9.17, 15) is 15.0 Å². The smallest absolute Gasteiger partial charge is 0.193 e. The third-order valence-corrected chi connectivity index (χ3v) is 3.12. The number of rotatable bonds is 5. The molecule has 0 aliphatic heterocycles. The highest BCUT2D eigenvalue weighted by Gasteiger charge is 2.12. The zero-order valence-electron chi connectivity index (χ0n) is 12.2. The van der Waals surface area contributed by atoms with E-state index in [4.69, 9.17) is 9.47 Å². The van der Waals surface area contributed by atoms with Gasteiger partial charge in [0.15, 0.2) is 5.78 Å². The largest absolute Gasteiger partial charge is 0.507 e. The van der Waals surface area contributed by atoms with E-state index in [1.807, 2.05) is 0 Å². The van der Waals surface area contributed by atoms with Gasteiger partial charge in [-0.25, -0.2) is 0 Å². The monoisotopic (exact) mass is 300 g/mol. The Hall–Kier alpha value is -2.95. The molecule has 0 radical (unpaired) electrons. The summed E-state index contributed by atoms with van der Waals surface area (Å²) in [5, 5.41) is 19.8. The maximum Gasteiger partial charge on any atom is 0.193 e. The lowest BCUT2D eigenvalue weighted by molar-refractivity contribution is 0.104. The van der Waals surface area contributed by atoms with Crippen molar-refractivity contribution in [1.82, 2.24) is 0 Å². The summed E-state index contributed by atoms with van der Waals surface area (Å²) in [5.74, 6) is 0.191. The number of hydrogen-bond donors (Lipinski definition) is 2. The molecule has 2 rings (SSSR count). The van der Waals surface area contributed by atoms with Crippen LogP contribution in [0.4, 0.5) is 0 Å². The van der Waals surface area contributed by atoms with Crippen molar-refractivity contribution in [3.05, 3.63) is 59.7 Å². The molecule has 22 heavy (non-hydrogen) atoms. The van der Waals surface area contributed by atoms with E-state index < -0.39 is 5.78 Å². The van der Waals surface area contributed by atoms with Crippen molar-refractivity contribution in [2.24, 2.45) is 0 Å². The van der Waals surface area contributed by atoms with Crippen molar-refractivity contribution >= 4 is 11.5 Å².